The first-order valence-corrected chi connectivity index (χ1v) is 38.4. The highest BCUT2D eigenvalue weighted by Crippen LogP contribution is 2.43. The number of nitrogens with two attached hydrogens (primary N) is 1. The zero-order valence-electron chi connectivity index (χ0n) is 58.9. The second-order valence-electron chi connectivity index (χ2n) is 23.7. The van der Waals surface area contributed by atoms with Crippen molar-refractivity contribution in [3.63, 3.8) is 0 Å². The molecule has 0 aliphatic rings. The SMILES string of the molecule is CC/C=C\C/C=C\C/C=C\C/C=C\C/C=C\C/C=C\C/C=C\C/C=C\C/C=C\C/C=C\C/C=C\CCCCCC(=O)OC(COC(=O)CCCCCCCCCCCCCCCCCCCCC/C=C\C/C=C\C/C=C\C/C=C\C/C=C\CC)COP(=O)(O)OCCN. The molecule has 0 saturated carbocycles. The molecule has 0 spiro atoms. The molecule has 2 unspecified atom stereocenters. The molecule has 10 heteroatoms. The van der Waals surface area contributed by atoms with Crippen LogP contribution >= 0.6 is 7.82 Å². The number of allylic oxidation sites excluding steroid dienone is 32. The highest BCUT2D eigenvalue weighted by atomic mass is 31.2. The topological polar surface area (TPSA) is 134 Å². The summed E-state index contributed by atoms with van der Waals surface area (Å²) in [4.78, 5) is 35.4. The van der Waals surface area contributed by atoms with Crippen molar-refractivity contribution in [2.75, 3.05) is 26.4 Å². The molecule has 2 atom stereocenters. The Morgan fingerprint density at radius 2 is 0.559 bits per heavy atom. The van der Waals surface area contributed by atoms with Gasteiger partial charge in [-0.05, 0) is 141 Å². The Hall–Kier alpha value is -5.15. The van der Waals surface area contributed by atoms with E-state index in [4.69, 9.17) is 24.3 Å². The van der Waals surface area contributed by atoms with Crippen LogP contribution in [-0.4, -0.2) is 49.3 Å². The van der Waals surface area contributed by atoms with E-state index in [1.807, 2.05) is 0 Å². The van der Waals surface area contributed by atoms with Crippen LogP contribution in [0.2, 0.25) is 0 Å². The van der Waals surface area contributed by atoms with Gasteiger partial charge in [-0.1, -0.05) is 324 Å². The number of carbonyl (C=O) groups excluding carboxylic acids is 2. The molecule has 0 fully saturated rings. The molecular formula is C83H134NO8P. The molecule has 0 aromatic rings. The zero-order chi connectivity index (χ0) is 67.2. The molecule has 93 heavy (non-hydrogen) atoms. The van der Waals surface area contributed by atoms with Gasteiger partial charge in [0.1, 0.15) is 6.61 Å². The van der Waals surface area contributed by atoms with E-state index in [0.717, 1.165) is 141 Å². The minimum absolute atomic E-state index is 0.0389. The number of hydrogen-bond donors (Lipinski definition) is 2. The first-order valence-electron chi connectivity index (χ1n) is 36.9. The van der Waals surface area contributed by atoms with Crippen molar-refractivity contribution < 1.29 is 37.6 Å². The molecule has 0 aromatic carbocycles. The summed E-state index contributed by atoms with van der Waals surface area (Å²) in [7, 11) is -4.42. The first kappa shape index (κ1) is 87.9. The Labute approximate surface area is 570 Å². The van der Waals surface area contributed by atoms with Crippen molar-refractivity contribution in [3.8, 4) is 0 Å². The van der Waals surface area contributed by atoms with Crippen LogP contribution in [0.25, 0.3) is 0 Å². The number of carbonyl (C=O) groups is 2. The van der Waals surface area contributed by atoms with Gasteiger partial charge >= 0.3 is 19.8 Å². The van der Waals surface area contributed by atoms with Gasteiger partial charge in [-0.2, -0.15) is 0 Å². The van der Waals surface area contributed by atoms with Gasteiger partial charge < -0.3 is 20.1 Å². The zero-order valence-corrected chi connectivity index (χ0v) is 59.8. The maximum atomic E-state index is 12.8. The third-order valence-corrected chi connectivity index (χ3v) is 16.0. The Morgan fingerprint density at radius 1 is 0.323 bits per heavy atom. The van der Waals surface area contributed by atoms with Crippen LogP contribution in [0.3, 0.4) is 0 Å². The van der Waals surface area contributed by atoms with Crippen molar-refractivity contribution >= 4 is 19.8 Å². The van der Waals surface area contributed by atoms with E-state index < -0.39 is 32.5 Å². The minimum atomic E-state index is -4.42. The molecule has 9 nitrogen and oxygen atoms in total. The monoisotopic (exact) mass is 1300 g/mol. The summed E-state index contributed by atoms with van der Waals surface area (Å²) < 4.78 is 33.2. The minimum Gasteiger partial charge on any atom is -0.462 e. The molecule has 0 aliphatic carbocycles. The molecule has 0 amide bonds. The average molecular weight is 1300 g/mol. The van der Waals surface area contributed by atoms with E-state index in [0.29, 0.717) is 6.42 Å². The fourth-order valence-corrected chi connectivity index (χ4v) is 10.4. The molecule has 0 heterocycles. The molecule has 0 radical (unpaired) electrons. The average Bonchev–Trinajstić information content (AvgIpc) is 3.04. The Morgan fingerprint density at radius 3 is 0.839 bits per heavy atom. The number of phosphoric acid groups is 1. The third-order valence-electron chi connectivity index (χ3n) is 15.0. The summed E-state index contributed by atoms with van der Waals surface area (Å²) in [6.45, 7) is 3.47. The standard InChI is InChI=1S/C83H134NO8P/c1-3-5-7-9-11-13-15-17-19-21-23-25-27-29-31-33-35-37-39-40-42-44-46-48-50-52-54-56-58-60-62-64-66-68-70-72-74-76-83(86)92-81(80-91-93(87,88)90-78-77-84)79-89-82(85)75-73-71-69-67-65-63-61-59-57-55-53-51-49-47-45-43-41-38-36-34-32-30-28-26-24-22-20-18-16-14-12-10-8-6-4-2/h5-8,11-14,17-20,23-26,29-32,35,37,40,42,46,48,52,54,58,60,64,66,81H,3-4,9-10,15-16,21-22,27-28,33-34,36,38-39,41,43-45,47,49-51,53,55-57,59,61-63,65,67-80,84H2,1-2H3,(H,87,88)/b7-5-,8-6-,13-11-,14-12-,19-17-,20-18-,25-23-,26-24-,31-29-,32-30-,37-35-,42-40-,48-46-,54-52-,60-58-,66-64-. The lowest BCUT2D eigenvalue weighted by Gasteiger charge is -2.19. The van der Waals surface area contributed by atoms with Gasteiger partial charge in [-0.15, -0.1) is 0 Å². The van der Waals surface area contributed by atoms with Gasteiger partial charge in [0, 0.05) is 19.4 Å². The van der Waals surface area contributed by atoms with E-state index in [1.54, 1.807) is 0 Å². The quantitative estimate of drug-likeness (QED) is 0.0264. The lowest BCUT2D eigenvalue weighted by molar-refractivity contribution is -0.161. The molecule has 3 N–H and O–H groups in total. The summed E-state index contributed by atoms with van der Waals surface area (Å²) in [5.74, 6) is -0.872. The van der Waals surface area contributed by atoms with Gasteiger partial charge in [0.25, 0.3) is 0 Å². The van der Waals surface area contributed by atoms with Gasteiger partial charge in [0.15, 0.2) is 6.10 Å². The third kappa shape index (κ3) is 75.8. The Balaban J connectivity index is 3.98. The molecule has 0 bridgehead atoms. The largest absolute Gasteiger partial charge is 0.472 e. The van der Waals surface area contributed by atoms with E-state index in [2.05, 4.69) is 208 Å². The molecule has 0 saturated heterocycles. The fourth-order valence-electron chi connectivity index (χ4n) is 9.61. The van der Waals surface area contributed by atoms with Crippen LogP contribution in [0, 0.1) is 0 Å². The van der Waals surface area contributed by atoms with E-state index in [1.165, 1.54) is 109 Å². The first-order chi connectivity index (χ1) is 45.8. The molecule has 0 aromatic heterocycles. The molecular weight excluding hydrogens is 1170 g/mol. The van der Waals surface area contributed by atoms with Crippen molar-refractivity contribution in [1.29, 1.82) is 0 Å². The van der Waals surface area contributed by atoms with Crippen molar-refractivity contribution in [2.24, 2.45) is 5.73 Å². The smallest absolute Gasteiger partial charge is 0.462 e. The lowest BCUT2D eigenvalue weighted by Crippen LogP contribution is -2.29. The number of phosphoric ester groups is 1. The number of esters is 2. The van der Waals surface area contributed by atoms with Gasteiger partial charge in [0.2, 0.25) is 0 Å². The fraction of sp³-hybridized carbons (Fsp3) is 0.590. The number of unbranched alkanes of at least 4 members (excludes halogenated alkanes) is 22. The summed E-state index contributed by atoms with van der Waals surface area (Å²) in [5.41, 5.74) is 5.40. The van der Waals surface area contributed by atoms with Crippen LogP contribution < -0.4 is 5.73 Å². The summed E-state index contributed by atoms with van der Waals surface area (Å²) >= 11 is 0. The molecule has 0 rings (SSSR count). The van der Waals surface area contributed by atoms with Crippen LogP contribution in [0.5, 0.6) is 0 Å². The van der Waals surface area contributed by atoms with Gasteiger partial charge in [-0.3, -0.25) is 18.6 Å². The number of hydrogen-bond acceptors (Lipinski definition) is 8. The number of rotatable bonds is 67. The van der Waals surface area contributed by atoms with Crippen LogP contribution in [-0.2, 0) is 32.7 Å². The van der Waals surface area contributed by atoms with E-state index >= 15 is 0 Å². The maximum Gasteiger partial charge on any atom is 0.472 e. The normalized spacial score (nSPS) is 14.1. The maximum absolute atomic E-state index is 12.8. The lowest BCUT2D eigenvalue weighted by atomic mass is 10.0. The van der Waals surface area contributed by atoms with Crippen molar-refractivity contribution in [3.05, 3.63) is 194 Å². The van der Waals surface area contributed by atoms with Gasteiger partial charge in [-0.25, -0.2) is 4.57 Å². The van der Waals surface area contributed by atoms with E-state index in [9.17, 15) is 19.0 Å². The predicted octanol–water partition coefficient (Wildman–Crippen LogP) is 24.9. The molecule has 524 valence electrons. The Bertz CT molecular complexity index is 2230. The van der Waals surface area contributed by atoms with Crippen LogP contribution in [0.15, 0.2) is 194 Å². The predicted molar refractivity (Wildman–Crippen MR) is 403 cm³/mol. The summed E-state index contributed by atoms with van der Waals surface area (Å²) in [5, 5.41) is 0. The highest BCUT2D eigenvalue weighted by molar-refractivity contribution is 7.47. The summed E-state index contributed by atoms with van der Waals surface area (Å²) in [6.07, 6.45) is 115. The van der Waals surface area contributed by atoms with Crippen molar-refractivity contribution in [2.45, 2.75) is 290 Å². The van der Waals surface area contributed by atoms with Gasteiger partial charge in [0.05, 0.1) is 13.2 Å². The molecule has 0 aliphatic heterocycles. The van der Waals surface area contributed by atoms with Crippen LogP contribution in [0.4, 0.5) is 0 Å². The van der Waals surface area contributed by atoms with Crippen LogP contribution in [0.1, 0.15) is 284 Å². The second-order valence-corrected chi connectivity index (χ2v) is 25.1. The highest BCUT2D eigenvalue weighted by Gasteiger charge is 2.26. The Kier molecular flexibility index (Phi) is 71.7. The second kappa shape index (κ2) is 75.9. The summed E-state index contributed by atoms with van der Waals surface area (Å²) in [6, 6.07) is 0. The number of ether oxygens (including phenoxy) is 2. The van der Waals surface area contributed by atoms with Crippen molar-refractivity contribution in [1.82, 2.24) is 0 Å². The van der Waals surface area contributed by atoms with E-state index in [-0.39, 0.29) is 32.6 Å².